The summed E-state index contributed by atoms with van der Waals surface area (Å²) in [5.41, 5.74) is 3.30. The Morgan fingerprint density at radius 3 is 1.70 bits per heavy atom. The fourth-order valence-corrected chi connectivity index (χ4v) is 8.86. The van der Waals surface area contributed by atoms with Crippen molar-refractivity contribution in [2.45, 2.75) is 92.2 Å². The number of likely N-dealkylation sites (tertiary alicyclic amines) is 1. The number of aromatic nitrogens is 2. The van der Waals surface area contributed by atoms with Crippen molar-refractivity contribution in [1.82, 2.24) is 19.4 Å². The van der Waals surface area contributed by atoms with E-state index in [2.05, 4.69) is 46.6 Å². The molecule has 7 rings (SSSR count). The van der Waals surface area contributed by atoms with Crippen LogP contribution in [0.1, 0.15) is 82.1 Å². The van der Waals surface area contributed by atoms with E-state index in [1.165, 1.54) is 0 Å². The Morgan fingerprint density at radius 2 is 1.22 bits per heavy atom. The summed E-state index contributed by atoms with van der Waals surface area (Å²) in [4.78, 5) is 53.0. The van der Waals surface area contributed by atoms with Gasteiger partial charge in [-0.25, -0.2) is 0 Å². The van der Waals surface area contributed by atoms with E-state index in [4.69, 9.17) is 13.9 Å². The number of hydrogen-bond donors (Lipinski definition) is 1. The number of furan rings is 1. The zero-order chi connectivity index (χ0) is 42.5. The van der Waals surface area contributed by atoms with E-state index in [9.17, 15) is 19.2 Å². The number of nitrogens with one attached hydrogen (secondary N) is 1. The van der Waals surface area contributed by atoms with Crippen LogP contribution >= 0.6 is 0 Å². The van der Waals surface area contributed by atoms with E-state index in [1.807, 2.05) is 73.2 Å². The first-order chi connectivity index (χ1) is 29.1. The Morgan fingerprint density at radius 1 is 0.717 bits per heavy atom. The summed E-state index contributed by atoms with van der Waals surface area (Å²) in [5, 5.41) is 5.44. The van der Waals surface area contributed by atoms with Crippen molar-refractivity contribution in [3.63, 3.8) is 0 Å². The van der Waals surface area contributed by atoms with Crippen LogP contribution < -0.4 is 16.4 Å². The Balaban J connectivity index is 0.000000209. The van der Waals surface area contributed by atoms with Crippen molar-refractivity contribution in [3.8, 4) is 0 Å². The molecule has 0 aliphatic carbocycles. The van der Waals surface area contributed by atoms with Crippen LogP contribution in [0, 0.1) is 24.7 Å². The topological polar surface area (TPSA) is 125 Å². The third kappa shape index (κ3) is 10.9. The largest absolute Gasteiger partial charge is 0.466 e. The summed E-state index contributed by atoms with van der Waals surface area (Å²) in [5.74, 6) is 0.668. The molecule has 2 fully saturated rings. The first-order valence-corrected chi connectivity index (χ1v) is 21.7. The maximum absolute atomic E-state index is 13.0. The first-order valence-electron chi connectivity index (χ1n) is 21.7. The van der Waals surface area contributed by atoms with E-state index in [0.717, 1.165) is 123 Å². The fourth-order valence-electron chi connectivity index (χ4n) is 8.86. The highest BCUT2D eigenvalue weighted by Crippen LogP contribution is 2.38. The Bertz CT molecular complexity index is 2350. The number of ether oxygens (including phenoxy) is 2. The normalized spacial score (nSPS) is 16.4. The van der Waals surface area contributed by atoms with Crippen molar-refractivity contribution in [3.05, 3.63) is 123 Å². The first kappa shape index (κ1) is 44.3. The number of hydrogen-bond acceptors (Lipinski definition) is 9. The molecular formula is C49H62N4O7. The highest BCUT2D eigenvalue weighted by Gasteiger charge is 2.42. The second-order valence-corrected chi connectivity index (χ2v) is 16.4. The Kier molecular flexibility index (Phi) is 15.4. The molecule has 0 radical (unpaired) electrons. The monoisotopic (exact) mass is 818 g/mol. The number of aryl methyl sites for hydroxylation is 4. The molecule has 11 nitrogen and oxygen atoms in total. The molecule has 3 aromatic heterocycles. The van der Waals surface area contributed by atoms with Crippen LogP contribution in [0.4, 0.5) is 0 Å². The van der Waals surface area contributed by atoms with Crippen LogP contribution in [0.3, 0.4) is 0 Å². The lowest BCUT2D eigenvalue weighted by atomic mass is 9.74. The van der Waals surface area contributed by atoms with Crippen LogP contribution in [0.15, 0.2) is 99.1 Å². The number of pyridine rings is 2. The quantitative estimate of drug-likeness (QED) is 0.105. The second kappa shape index (κ2) is 20.8. The number of fused-ring (bicyclic) bond motifs is 2. The third-order valence-corrected chi connectivity index (χ3v) is 12.4. The molecule has 0 atom stereocenters. The van der Waals surface area contributed by atoms with Crippen LogP contribution in [-0.4, -0.2) is 71.9 Å². The van der Waals surface area contributed by atoms with Gasteiger partial charge in [-0.05, 0) is 170 Å². The predicted molar refractivity (Wildman–Crippen MR) is 238 cm³/mol. The molecule has 2 aliphatic heterocycles. The minimum absolute atomic E-state index is 0.00134. The summed E-state index contributed by atoms with van der Waals surface area (Å²) in [7, 11) is 0. The second-order valence-electron chi connectivity index (χ2n) is 16.4. The van der Waals surface area contributed by atoms with Gasteiger partial charge in [0.25, 0.3) is 11.1 Å². The van der Waals surface area contributed by atoms with E-state index in [0.29, 0.717) is 26.3 Å². The SMILES string of the molecule is CCOC(=O)C1(CCCn2c(=O)ccc3ccc(C)cc32)CCN(C/C=C/c2ccco2)CC1.CCOC(=O)C1(CCCn2c(=O)ccc3ccc(C)cc32)CCNCC1. The smallest absolute Gasteiger partial charge is 0.312 e. The molecule has 320 valence electrons. The van der Waals surface area contributed by atoms with Crippen LogP contribution in [-0.2, 0) is 32.2 Å². The zero-order valence-corrected chi connectivity index (χ0v) is 35.9. The van der Waals surface area contributed by atoms with Crippen molar-refractivity contribution in [2.24, 2.45) is 10.8 Å². The maximum atomic E-state index is 13.0. The standard InChI is InChI=1S/C28H34N2O4.C21H28N2O3/c1-3-33-27(32)28(14-18-29(19-15-28)16-4-7-24-8-5-20-34-24)13-6-17-30-25-21-22(2)9-10-23(25)11-12-26(30)31;1-3-26-20(25)21(10-12-22-13-11-21)9-4-14-23-18-15-16(2)5-6-17(18)7-8-19(23)24/h4-5,7-12,20-21H,3,6,13-19H2,1-2H3;5-8,15,22H,3-4,9-14H2,1-2H3/b7-4+;. The zero-order valence-electron chi connectivity index (χ0n) is 35.9. The lowest BCUT2D eigenvalue weighted by molar-refractivity contribution is -0.159. The summed E-state index contributed by atoms with van der Waals surface area (Å²) in [6, 6.07) is 23.2. The number of carbonyl (C=O) groups excluding carboxylic acids is 2. The number of nitrogens with zero attached hydrogens (tertiary/aromatic N) is 3. The molecule has 1 N–H and O–H groups in total. The van der Waals surface area contributed by atoms with Crippen LogP contribution in [0.25, 0.3) is 27.9 Å². The van der Waals surface area contributed by atoms with Gasteiger partial charge in [-0.3, -0.25) is 24.1 Å². The Hall–Kier alpha value is -5.26. The number of carbonyl (C=O) groups is 2. The third-order valence-electron chi connectivity index (χ3n) is 12.4. The lowest BCUT2D eigenvalue weighted by Crippen LogP contribution is -2.45. The van der Waals surface area contributed by atoms with E-state index < -0.39 is 10.8 Å². The summed E-state index contributed by atoms with van der Waals surface area (Å²) in [6.07, 6.45) is 11.9. The molecule has 0 spiro atoms. The van der Waals surface area contributed by atoms with Gasteiger partial charge in [0.15, 0.2) is 0 Å². The van der Waals surface area contributed by atoms with Gasteiger partial charge in [-0.1, -0.05) is 30.3 Å². The number of rotatable bonds is 15. The molecule has 0 amide bonds. The molecule has 0 saturated carbocycles. The van der Waals surface area contributed by atoms with Gasteiger partial charge in [0, 0.05) is 31.8 Å². The van der Waals surface area contributed by atoms with Gasteiger partial charge < -0.3 is 28.3 Å². The molecule has 0 bridgehead atoms. The molecule has 5 heterocycles. The van der Waals surface area contributed by atoms with Crippen molar-refractivity contribution in [2.75, 3.05) is 45.9 Å². The summed E-state index contributed by atoms with van der Waals surface area (Å²) >= 11 is 0. The van der Waals surface area contributed by atoms with E-state index in [1.54, 1.807) is 18.4 Å². The molecule has 2 aromatic carbocycles. The fraction of sp³-hybridized carbons (Fsp3) is 0.469. The molecule has 11 heteroatoms. The van der Waals surface area contributed by atoms with Gasteiger partial charge in [0.05, 0.1) is 41.3 Å². The summed E-state index contributed by atoms with van der Waals surface area (Å²) in [6.45, 7) is 14.0. The van der Waals surface area contributed by atoms with Gasteiger partial charge in [-0.15, -0.1) is 0 Å². The average molecular weight is 819 g/mol. The van der Waals surface area contributed by atoms with Crippen molar-refractivity contribution >= 4 is 39.8 Å². The van der Waals surface area contributed by atoms with Crippen LogP contribution in [0.5, 0.6) is 0 Å². The van der Waals surface area contributed by atoms with Gasteiger partial charge in [-0.2, -0.15) is 0 Å². The average Bonchev–Trinajstić information content (AvgIpc) is 3.77. The number of benzene rings is 2. The van der Waals surface area contributed by atoms with E-state index >= 15 is 0 Å². The summed E-state index contributed by atoms with van der Waals surface area (Å²) < 4.78 is 19.9. The van der Waals surface area contributed by atoms with Crippen LogP contribution in [0.2, 0.25) is 0 Å². The molecule has 2 aliphatic rings. The number of esters is 2. The predicted octanol–water partition coefficient (Wildman–Crippen LogP) is 8.06. The minimum Gasteiger partial charge on any atom is -0.466 e. The van der Waals surface area contributed by atoms with E-state index in [-0.39, 0.29) is 23.1 Å². The van der Waals surface area contributed by atoms with Gasteiger partial charge >= 0.3 is 11.9 Å². The Labute approximate surface area is 353 Å². The molecular weight excluding hydrogens is 757 g/mol. The number of piperidine rings is 2. The molecule has 2 saturated heterocycles. The lowest BCUT2D eigenvalue weighted by Gasteiger charge is -2.39. The molecule has 5 aromatic rings. The van der Waals surface area contributed by atoms with Gasteiger partial charge in [0.2, 0.25) is 0 Å². The maximum Gasteiger partial charge on any atom is 0.312 e. The molecule has 0 unspecified atom stereocenters. The van der Waals surface area contributed by atoms with Crippen molar-refractivity contribution in [1.29, 1.82) is 0 Å². The van der Waals surface area contributed by atoms with Crippen molar-refractivity contribution < 1.29 is 23.5 Å². The highest BCUT2D eigenvalue weighted by atomic mass is 16.5. The van der Waals surface area contributed by atoms with Gasteiger partial charge in [0.1, 0.15) is 5.76 Å². The minimum atomic E-state index is -0.485. The molecule has 60 heavy (non-hydrogen) atoms. The highest BCUT2D eigenvalue weighted by molar-refractivity contribution is 5.81.